The van der Waals surface area contributed by atoms with Crippen LogP contribution in [0.1, 0.15) is 0 Å². The Kier molecular flexibility index (Phi) is 1.91. The van der Waals surface area contributed by atoms with Crippen LogP contribution in [0.3, 0.4) is 0 Å². The van der Waals surface area contributed by atoms with Crippen molar-refractivity contribution in [1.82, 2.24) is 10.1 Å². The van der Waals surface area contributed by atoms with Crippen molar-refractivity contribution in [2.24, 2.45) is 0 Å². The predicted molar refractivity (Wildman–Crippen MR) is 63.2 cm³/mol. The topological polar surface area (TPSA) is 67.8 Å². The molecule has 0 spiro atoms. The molecule has 2 heterocycles. The molecule has 1 aromatic carbocycles. The Balaban J connectivity index is 2.18. The van der Waals surface area contributed by atoms with E-state index in [1.54, 1.807) is 6.07 Å². The number of H-pyrrole nitrogens is 1. The molecule has 0 bridgehead atoms. The molecule has 0 radical (unpaired) electrons. The van der Waals surface area contributed by atoms with Crippen molar-refractivity contribution in [3.63, 3.8) is 0 Å². The highest BCUT2D eigenvalue weighted by Crippen LogP contribution is 2.26. The van der Waals surface area contributed by atoms with E-state index in [1.807, 2.05) is 24.3 Å². The molecular formula is C11H8ClN3O. The van der Waals surface area contributed by atoms with Crippen LogP contribution in [0.2, 0.25) is 5.02 Å². The molecule has 3 N–H and O–H groups in total. The van der Waals surface area contributed by atoms with Gasteiger partial charge in [0.05, 0.1) is 5.69 Å². The van der Waals surface area contributed by atoms with Gasteiger partial charge < -0.3 is 15.2 Å². The van der Waals surface area contributed by atoms with Crippen molar-refractivity contribution in [3.8, 4) is 11.4 Å². The fourth-order valence-electron chi connectivity index (χ4n) is 1.65. The van der Waals surface area contributed by atoms with Gasteiger partial charge in [0.15, 0.2) is 0 Å². The number of hydrogen-bond acceptors (Lipinski definition) is 3. The monoisotopic (exact) mass is 233 g/mol. The van der Waals surface area contributed by atoms with Crippen LogP contribution in [0.4, 0.5) is 5.88 Å². The number of nitrogens with two attached hydrogens (primary N) is 1. The van der Waals surface area contributed by atoms with Gasteiger partial charge in [-0.05, 0) is 18.2 Å². The quantitative estimate of drug-likeness (QED) is 0.679. The summed E-state index contributed by atoms with van der Waals surface area (Å²) in [5.41, 5.74) is 7.98. The van der Waals surface area contributed by atoms with Gasteiger partial charge in [-0.1, -0.05) is 22.8 Å². The zero-order chi connectivity index (χ0) is 11.1. The van der Waals surface area contributed by atoms with Crippen LogP contribution < -0.4 is 5.73 Å². The lowest BCUT2D eigenvalue weighted by atomic mass is 10.2. The number of aromatic amines is 1. The number of anilines is 1. The van der Waals surface area contributed by atoms with E-state index in [2.05, 4.69) is 10.1 Å². The number of fused-ring (bicyclic) bond motifs is 1. The van der Waals surface area contributed by atoms with Crippen molar-refractivity contribution >= 4 is 28.4 Å². The Morgan fingerprint density at radius 3 is 2.88 bits per heavy atom. The molecule has 2 aromatic heterocycles. The average Bonchev–Trinajstić information content (AvgIpc) is 2.83. The number of rotatable bonds is 1. The molecule has 0 saturated carbocycles. The second kappa shape index (κ2) is 3.28. The van der Waals surface area contributed by atoms with Gasteiger partial charge in [-0.3, -0.25) is 0 Å². The van der Waals surface area contributed by atoms with Gasteiger partial charge in [0.2, 0.25) is 5.88 Å². The van der Waals surface area contributed by atoms with E-state index in [9.17, 15) is 0 Å². The summed E-state index contributed by atoms with van der Waals surface area (Å²) < 4.78 is 4.82. The molecule has 80 valence electrons. The number of benzene rings is 1. The van der Waals surface area contributed by atoms with E-state index in [1.165, 1.54) is 0 Å². The molecule has 0 unspecified atom stereocenters. The highest BCUT2D eigenvalue weighted by molar-refractivity contribution is 6.31. The number of nitrogen functional groups attached to an aromatic ring is 1. The first kappa shape index (κ1) is 9.30. The van der Waals surface area contributed by atoms with Crippen molar-refractivity contribution < 1.29 is 4.52 Å². The number of nitrogens with one attached hydrogen (secondary N) is 1. The van der Waals surface area contributed by atoms with Crippen molar-refractivity contribution in [1.29, 1.82) is 0 Å². The number of hydrogen-bond donors (Lipinski definition) is 2. The molecule has 3 rings (SSSR count). The van der Waals surface area contributed by atoms with Crippen molar-refractivity contribution in [2.45, 2.75) is 0 Å². The predicted octanol–water partition coefficient (Wildman–Crippen LogP) is 3.06. The maximum absolute atomic E-state index is 5.90. The molecule has 0 aliphatic heterocycles. The molecule has 16 heavy (non-hydrogen) atoms. The first-order chi connectivity index (χ1) is 7.72. The lowest BCUT2D eigenvalue weighted by Crippen LogP contribution is -1.76. The Morgan fingerprint density at radius 2 is 2.12 bits per heavy atom. The Morgan fingerprint density at radius 1 is 1.25 bits per heavy atom. The number of halogens is 1. The van der Waals surface area contributed by atoms with Gasteiger partial charge >= 0.3 is 0 Å². The summed E-state index contributed by atoms with van der Waals surface area (Å²) in [5, 5.41) is 5.60. The van der Waals surface area contributed by atoms with Crippen molar-refractivity contribution in [2.75, 3.05) is 5.73 Å². The second-order valence-electron chi connectivity index (χ2n) is 3.53. The van der Waals surface area contributed by atoms with E-state index in [0.29, 0.717) is 16.6 Å². The molecule has 0 saturated heterocycles. The molecular weight excluding hydrogens is 226 g/mol. The van der Waals surface area contributed by atoms with Crippen LogP contribution in [0.25, 0.3) is 22.3 Å². The van der Waals surface area contributed by atoms with E-state index >= 15 is 0 Å². The fourth-order valence-corrected chi connectivity index (χ4v) is 1.83. The van der Waals surface area contributed by atoms with Gasteiger partial charge in [-0.15, -0.1) is 0 Å². The Hall–Kier alpha value is -1.94. The summed E-state index contributed by atoms with van der Waals surface area (Å²) >= 11 is 5.90. The third-order valence-corrected chi connectivity index (χ3v) is 2.62. The highest BCUT2D eigenvalue weighted by atomic mass is 35.5. The fraction of sp³-hybridized carbons (Fsp3) is 0. The summed E-state index contributed by atoms with van der Waals surface area (Å²) in [7, 11) is 0. The summed E-state index contributed by atoms with van der Waals surface area (Å²) in [6.45, 7) is 0. The standard InChI is InChI=1S/C11H8ClN3O/c12-7-2-1-6-3-9(14-8(6)4-7)10-5-11(13)16-15-10/h1-5,14H,13H2. The Labute approximate surface area is 96.0 Å². The van der Waals surface area contributed by atoms with Crippen LogP contribution in [0, 0.1) is 0 Å². The summed E-state index contributed by atoms with van der Waals surface area (Å²) in [5.74, 6) is 0.298. The zero-order valence-corrected chi connectivity index (χ0v) is 8.95. The first-order valence-electron chi connectivity index (χ1n) is 4.73. The molecule has 0 aliphatic carbocycles. The van der Waals surface area contributed by atoms with E-state index < -0.39 is 0 Å². The highest BCUT2D eigenvalue weighted by Gasteiger charge is 2.07. The summed E-state index contributed by atoms with van der Waals surface area (Å²) in [6, 6.07) is 9.30. The second-order valence-corrected chi connectivity index (χ2v) is 3.97. The van der Waals surface area contributed by atoms with Crippen LogP contribution in [-0.4, -0.2) is 10.1 Å². The van der Waals surface area contributed by atoms with E-state index in [4.69, 9.17) is 21.9 Å². The smallest absolute Gasteiger partial charge is 0.222 e. The maximum Gasteiger partial charge on any atom is 0.222 e. The van der Waals surface area contributed by atoms with Crippen LogP contribution in [0.15, 0.2) is 34.9 Å². The summed E-state index contributed by atoms with van der Waals surface area (Å²) in [6.07, 6.45) is 0. The van der Waals surface area contributed by atoms with Gasteiger partial charge in [0.25, 0.3) is 0 Å². The molecule has 0 fully saturated rings. The number of aromatic nitrogens is 2. The molecule has 0 aliphatic rings. The maximum atomic E-state index is 5.90. The van der Waals surface area contributed by atoms with Gasteiger partial charge in [0.1, 0.15) is 5.69 Å². The lowest BCUT2D eigenvalue weighted by molar-refractivity contribution is 0.439. The van der Waals surface area contributed by atoms with E-state index in [-0.39, 0.29) is 0 Å². The zero-order valence-electron chi connectivity index (χ0n) is 8.20. The molecule has 5 heteroatoms. The van der Waals surface area contributed by atoms with Gasteiger partial charge in [-0.2, -0.15) is 0 Å². The van der Waals surface area contributed by atoms with Gasteiger partial charge in [-0.25, -0.2) is 0 Å². The molecule has 3 aromatic rings. The van der Waals surface area contributed by atoms with Crippen LogP contribution in [-0.2, 0) is 0 Å². The van der Waals surface area contributed by atoms with E-state index in [0.717, 1.165) is 16.6 Å². The number of nitrogens with zero attached hydrogens (tertiary/aromatic N) is 1. The van der Waals surface area contributed by atoms with Gasteiger partial charge in [0, 0.05) is 22.0 Å². The largest absolute Gasteiger partial charge is 0.368 e. The third-order valence-electron chi connectivity index (χ3n) is 2.39. The normalized spacial score (nSPS) is 11.1. The minimum atomic E-state index is 0.298. The minimum absolute atomic E-state index is 0.298. The summed E-state index contributed by atoms with van der Waals surface area (Å²) in [4.78, 5) is 3.20. The SMILES string of the molecule is Nc1cc(-c2cc3ccc(Cl)cc3[nH]2)no1. The minimum Gasteiger partial charge on any atom is -0.368 e. The Bertz CT molecular complexity index is 656. The first-order valence-corrected chi connectivity index (χ1v) is 5.11. The molecule has 0 amide bonds. The lowest BCUT2D eigenvalue weighted by Gasteiger charge is -1.89. The molecule has 4 nitrogen and oxygen atoms in total. The van der Waals surface area contributed by atoms with Crippen molar-refractivity contribution in [3.05, 3.63) is 35.4 Å². The average molecular weight is 234 g/mol. The van der Waals surface area contributed by atoms with Crippen LogP contribution >= 0.6 is 11.6 Å². The molecule has 0 atom stereocenters. The third kappa shape index (κ3) is 1.44. The van der Waals surface area contributed by atoms with Crippen LogP contribution in [0.5, 0.6) is 0 Å².